The molecular formula is C10H12N2O. The van der Waals surface area contributed by atoms with Crippen LogP contribution in [0.3, 0.4) is 0 Å². The SMILES string of the molecule is N#Cc1ccc(C(O)CCN)cc1. The Morgan fingerprint density at radius 3 is 2.46 bits per heavy atom. The van der Waals surface area contributed by atoms with Gasteiger partial charge < -0.3 is 10.8 Å². The highest BCUT2D eigenvalue weighted by atomic mass is 16.3. The van der Waals surface area contributed by atoms with E-state index in [1.54, 1.807) is 24.3 Å². The molecule has 0 radical (unpaired) electrons. The lowest BCUT2D eigenvalue weighted by atomic mass is 10.1. The third-order valence-corrected chi connectivity index (χ3v) is 1.86. The van der Waals surface area contributed by atoms with Gasteiger partial charge >= 0.3 is 0 Å². The van der Waals surface area contributed by atoms with Crippen molar-refractivity contribution in [3.05, 3.63) is 35.4 Å². The van der Waals surface area contributed by atoms with Crippen molar-refractivity contribution in [3.63, 3.8) is 0 Å². The summed E-state index contributed by atoms with van der Waals surface area (Å²) in [5, 5.41) is 18.1. The lowest BCUT2D eigenvalue weighted by Crippen LogP contribution is -2.06. The topological polar surface area (TPSA) is 70.0 Å². The summed E-state index contributed by atoms with van der Waals surface area (Å²) in [6.07, 6.45) is 0.0315. The molecule has 1 unspecified atom stereocenters. The lowest BCUT2D eigenvalue weighted by molar-refractivity contribution is 0.170. The average molecular weight is 176 g/mol. The minimum absolute atomic E-state index is 0.459. The summed E-state index contributed by atoms with van der Waals surface area (Å²) in [4.78, 5) is 0. The normalized spacial score (nSPS) is 12.1. The van der Waals surface area contributed by atoms with Gasteiger partial charge in [0.2, 0.25) is 0 Å². The molecule has 13 heavy (non-hydrogen) atoms. The van der Waals surface area contributed by atoms with Gasteiger partial charge in [0.05, 0.1) is 17.7 Å². The summed E-state index contributed by atoms with van der Waals surface area (Å²) >= 11 is 0. The van der Waals surface area contributed by atoms with Crippen LogP contribution < -0.4 is 5.73 Å². The van der Waals surface area contributed by atoms with E-state index in [1.165, 1.54) is 0 Å². The number of aliphatic hydroxyl groups is 1. The largest absolute Gasteiger partial charge is 0.388 e. The Labute approximate surface area is 77.4 Å². The number of nitrogens with two attached hydrogens (primary N) is 1. The zero-order valence-electron chi connectivity index (χ0n) is 7.27. The minimum atomic E-state index is -0.516. The van der Waals surface area contributed by atoms with Crippen molar-refractivity contribution >= 4 is 0 Å². The molecule has 0 heterocycles. The van der Waals surface area contributed by atoms with Crippen LogP contribution in [0.25, 0.3) is 0 Å². The van der Waals surface area contributed by atoms with E-state index in [0.717, 1.165) is 5.56 Å². The molecule has 0 saturated heterocycles. The van der Waals surface area contributed by atoms with Crippen molar-refractivity contribution in [1.29, 1.82) is 5.26 Å². The van der Waals surface area contributed by atoms with Gasteiger partial charge in [-0.15, -0.1) is 0 Å². The Hall–Kier alpha value is -1.37. The molecule has 0 saturated carbocycles. The van der Waals surface area contributed by atoms with Gasteiger partial charge in [-0.25, -0.2) is 0 Å². The molecule has 0 bridgehead atoms. The second-order valence-corrected chi connectivity index (χ2v) is 2.83. The second kappa shape index (κ2) is 4.61. The van der Waals surface area contributed by atoms with Crippen LogP contribution in [0.2, 0.25) is 0 Å². The molecule has 0 spiro atoms. The summed E-state index contributed by atoms with van der Waals surface area (Å²) in [6, 6.07) is 8.90. The first-order valence-corrected chi connectivity index (χ1v) is 4.16. The summed E-state index contributed by atoms with van der Waals surface area (Å²) in [7, 11) is 0. The number of hydrogen-bond acceptors (Lipinski definition) is 3. The van der Waals surface area contributed by atoms with Gasteiger partial charge in [0.15, 0.2) is 0 Å². The van der Waals surface area contributed by atoms with Gasteiger partial charge in [-0.1, -0.05) is 12.1 Å². The Morgan fingerprint density at radius 1 is 1.38 bits per heavy atom. The molecule has 68 valence electrons. The molecule has 0 fully saturated rings. The molecule has 1 atom stereocenters. The summed E-state index contributed by atoms with van der Waals surface area (Å²) in [5.74, 6) is 0. The highest BCUT2D eigenvalue weighted by molar-refractivity contribution is 5.32. The van der Waals surface area contributed by atoms with E-state index in [9.17, 15) is 5.11 Å². The van der Waals surface area contributed by atoms with Gasteiger partial charge in [0.1, 0.15) is 0 Å². The second-order valence-electron chi connectivity index (χ2n) is 2.83. The molecule has 1 aromatic carbocycles. The quantitative estimate of drug-likeness (QED) is 0.720. The van der Waals surface area contributed by atoms with Crippen LogP contribution in [0, 0.1) is 11.3 Å². The zero-order chi connectivity index (χ0) is 9.68. The van der Waals surface area contributed by atoms with Crippen LogP contribution in [0.1, 0.15) is 23.7 Å². The third kappa shape index (κ3) is 2.55. The predicted molar refractivity (Wildman–Crippen MR) is 49.8 cm³/mol. The van der Waals surface area contributed by atoms with E-state index in [1.807, 2.05) is 6.07 Å². The first-order valence-electron chi connectivity index (χ1n) is 4.16. The molecule has 1 rings (SSSR count). The zero-order valence-corrected chi connectivity index (χ0v) is 7.27. The number of benzene rings is 1. The van der Waals surface area contributed by atoms with E-state index in [4.69, 9.17) is 11.0 Å². The smallest absolute Gasteiger partial charge is 0.0991 e. The van der Waals surface area contributed by atoms with Crippen LogP contribution in [0.5, 0.6) is 0 Å². The summed E-state index contributed by atoms with van der Waals surface area (Å²) in [5.41, 5.74) is 6.72. The predicted octanol–water partition coefficient (Wildman–Crippen LogP) is 0.940. The van der Waals surface area contributed by atoms with E-state index < -0.39 is 6.10 Å². The number of rotatable bonds is 3. The highest BCUT2D eigenvalue weighted by Gasteiger charge is 2.05. The van der Waals surface area contributed by atoms with Crippen molar-refractivity contribution in [2.45, 2.75) is 12.5 Å². The van der Waals surface area contributed by atoms with Crippen LogP contribution >= 0.6 is 0 Å². The van der Waals surface area contributed by atoms with Crippen molar-refractivity contribution in [3.8, 4) is 6.07 Å². The average Bonchev–Trinajstić information content (AvgIpc) is 2.18. The summed E-state index contributed by atoms with van der Waals surface area (Å²) in [6.45, 7) is 0.459. The molecule has 1 aromatic rings. The van der Waals surface area contributed by atoms with E-state index in [0.29, 0.717) is 18.5 Å². The van der Waals surface area contributed by atoms with Gasteiger partial charge in [-0.05, 0) is 30.7 Å². The number of nitriles is 1. The van der Waals surface area contributed by atoms with Crippen LogP contribution in [0.4, 0.5) is 0 Å². The molecule has 3 heteroatoms. The summed E-state index contributed by atoms with van der Waals surface area (Å²) < 4.78 is 0. The van der Waals surface area contributed by atoms with E-state index >= 15 is 0 Å². The Kier molecular flexibility index (Phi) is 3.44. The number of aliphatic hydroxyl groups excluding tert-OH is 1. The molecule has 0 amide bonds. The van der Waals surface area contributed by atoms with Crippen LogP contribution in [0.15, 0.2) is 24.3 Å². The molecule has 0 aliphatic heterocycles. The fourth-order valence-electron chi connectivity index (χ4n) is 1.10. The van der Waals surface area contributed by atoms with Gasteiger partial charge in [-0.2, -0.15) is 5.26 Å². The highest BCUT2D eigenvalue weighted by Crippen LogP contribution is 2.15. The van der Waals surface area contributed by atoms with Crippen molar-refractivity contribution < 1.29 is 5.11 Å². The Bertz CT molecular complexity index is 300. The van der Waals surface area contributed by atoms with E-state index in [2.05, 4.69) is 0 Å². The lowest BCUT2D eigenvalue weighted by Gasteiger charge is -2.08. The van der Waals surface area contributed by atoms with Crippen molar-refractivity contribution in [2.75, 3.05) is 6.54 Å². The molecular weight excluding hydrogens is 164 g/mol. The van der Waals surface area contributed by atoms with Gasteiger partial charge in [0, 0.05) is 0 Å². The maximum atomic E-state index is 9.52. The van der Waals surface area contributed by atoms with Crippen molar-refractivity contribution in [1.82, 2.24) is 0 Å². The van der Waals surface area contributed by atoms with E-state index in [-0.39, 0.29) is 0 Å². The number of hydrogen-bond donors (Lipinski definition) is 2. The molecule has 0 aliphatic rings. The Balaban J connectivity index is 2.75. The molecule has 3 N–H and O–H groups in total. The van der Waals surface area contributed by atoms with Crippen LogP contribution in [-0.2, 0) is 0 Å². The fraction of sp³-hybridized carbons (Fsp3) is 0.300. The monoisotopic (exact) mass is 176 g/mol. The van der Waals surface area contributed by atoms with Crippen molar-refractivity contribution in [2.24, 2.45) is 5.73 Å². The first kappa shape index (κ1) is 9.72. The van der Waals surface area contributed by atoms with Crippen LogP contribution in [-0.4, -0.2) is 11.7 Å². The number of nitrogens with zero attached hydrogens (tertiary/aromatic N) is 1. The van der Waals surface area contributed by atoms with Gasteiger partial charge in [-0.3, -0.25) is 0 Å². The maximum absolute atomic E-state index is 9.52. The fourth-order valence-corrected chi connectivity index (χ4v) is 1.10. The maximum Gasteiger partial charge on any atom is 0.0991 e. The minimum Gasteiger partial charge on any atom is -0.388 e. The molecule has 0 aromatic heterocycles. The first-order chi connectivity index (χ1) is 6.27. The van der Waals surface area contributed by atoms with Gasteiger partial charge in [0.25, 0.3) is 0 Å². The standard InChI is InChI=1S/C10H12N2O/c11-6-5-10(13)9-3-1-8(7-12)2-4-9/h1-4,10,13H,5-6,11H2. The molecule has 3 nitrogen and oxygen atoms in total. The molecule has 0 aliphatic carbocycles. The Morgan fingerprint density at radius 2 is 2.00 bits per heavy atom. The third-order valence-electron chi connectivity index (χ3n) is 1.86.